The zero-order valence-electron chi connectivity index (χ0n) is 10.9. The van der Waals surface area contributed by atoms with Crippen LogP contribution in [0.1, 0.15) is 31.7 Å². The van der Waals surface area contributed by atoms with Gasteiger partial charge < -0.3 is 10.2 Å². The summed E-state index contributed by atoms with van der Waals surface area (Å²) in [6, 6.07) is 4.14. The lowest BCUT2D eigenvalue weighted by atomic mass is 9.90. The summed E-state index contributed by atoms with van der Waals surface area (Å²) in [6.45, 7) is 5.58. The van der Waals surface area contributed by atoms with E-state index in [0.717, 1.165) is 19.6 Å². The molecule has 0 aromatic carbocycles. The standard InChI is InChI=1S/C14H23N3/c1-14(7-3-4-9-16-14)12-17(2)11-13-6-5-8-15-10-13/h5-6,8,10,16H,3-4,7,9,11-12H2,1-2H3. The molecule has 1 unspecified atom stereocenters. The molecule has 3 heteroatoms. The Balaban J connectivity index is 1.86. The molecule has 0 spiro atoms. The highest BCUT2D eigenvalue weighted by atomic mass is 15.1. The quantitative estimate of drug-likeness (QED) is 0.862. The lowest BCUT2D eigenvalue weighted by Gasteiger charge is -2.38. The second-order valence-electron chi connectivity index (χ2n) is 5.48. The molecule has 1 atom stereocenters. The van der Waals surface area contributed by atoms with Gasteiger partial charge in [-0.2, -0.15) is 0 Å². The van der Waals surface area contributed by atoms with Crippen LogP contribution in [0.4, 0.5) is 0 Å². The van der Waals surface area contributed by atoms with Crippen molar-refractivity contribution >= 4 is 0 Å². The summed E-state index contributed by atoms with van der Waals surface area (Å²) in [4.78, 5) is 6.54. The van der Waals surface area contributed by atoms with E-state index in [1.807, 2.05) is 18.5 Å². The van der Waals surface area contributed by atoms with E-state index in [4.69, 9.17) is 0 Å². The van der Waals surface area contributed by atoms with Gasteiger partial charge in [-0.1, -0.05) is 12.5 Å². The van der Waals surface area contributed by atoms with E-state index < -0.39 is 0 Å². The maximum absolute atomic E-state index is 4.16. The van der Waals surface area contributed by atoms with Gasteiger partial charge in [-0.15, -0.1) is 0 Å². The molecule has 1 aliphatic heterocycles. The highest BCUT2D eigenvalue weighted by Crippen LogP contribution is 2.20. The summed E-state index contributed by atoms with van der Waals surface area (Å²) in [5.74, 6) is 0. The van der Waals surface area contributed by atoms with Gasteiger partial charge >= 0.3 is 0 Å². The van der Waals surface area contributed by atoms with Crippen molar-refractivity contribution in [2.75, 3.05) is 20.1 Å². The van der Waals surface area contributed by atoms with E-state index >= 15 is 0 Å². The summed E-state index contributed by atoms with van der Waals surface area (Å²) in [5.41, 5.74) is 1.57. The first kappa shape index (κ1) is 12.5. The zero-order valence-corrected chi connectivity index (χ0v) is 10.9. The highest BCUT2D eigenvalue weighted by Gasteiger charge is 2.27. The van der Waals surface area contributed by atoms with Gasteiger partial charge in [0.1, 0.15) is 0 Å². The highest BCUT2D eigenvalue weighted by molar-refractivity contribution is 5.08. The molecule has 94 valence electrons. The minimum absolute atomic E-state index is 0.287. The predicted molar refractivity (Wildman–Crippen MR) is 70.8 cm³/mol. The van der Waals surface area contributed by atoms with Crippen LogP contribution in [-0.4, -0.2) is 35.6 Å². The van der Waals surface area contributed by atoms with Crippen LogP contribution in [-0.2, 0) is 6.54 Å². The van der Waals surface area contributed by atoms with E-state index in [1.165, 1.54) is 24.8 Å². The minimum atomic E-state index is 0.287. The summed E-state index contributed by atoms with van der Waals surface area (Å²) in [5, 5.41) is 3.65. The summed E-state index contributed by atoms with van der Waals surface area (Å²) in [7, 11) is 2.19. The molecule has 1 saturated heterocycles. The zero-order chi connectivity index (χ0) is 12.1. The molecule has 3 nitrogen and oxygen atoms in total. The molecule has 17 heavy (non-hydrogen) atoms. The number of hydrogen-bond donors (Lipinski definition) is 1. The molecule has 0 aliphatic carbocycles. The van der Waals surface area contributed by atoms with Gasteiger partial charge in [-0.3, -0.25) is 4.98 Å². The first-order valence-corrected chi connectivity index (χ1v) is 6.50. The van der Waals surface area contributed by atoms with Crippen LogP contribution in [0, 0.1) is 0 Å². The fourth-order valence-corrected chi connectivity index (χ4v) is 2.71. The third-order valence-corrected chi connectivity index (χ3v) is 3.50. The molecule has 0 radical (unpaired) electrons. The fourth-order valence-electron chi connectivity index (χ4n) is 2.71. The number of nitrogens with zero attached hydrogens (tertiary/aromatic N) is 2. The van der Waals surface area contributed by atoms with Crippen molar-refractivity contribution in [3.05, 3.63) is 30.1 Å². The van der Waals surface area contributed by atoms with E-state index in [2.05, 4.69) is 35.2 Å². The summed E-state index contributed by atoms with van der Waals surface area (Å²) < 4.78 is 0. The van der Waals surface area contributed by atoms with Crippen LogP contribution >= 0.6 is 0 Å². The van der Waals surface area contributed by atoms with Gasteiger partial charge in [0.05, 0.1) is 0 Å². The van der Waals surface area contributed by atoms with Crippen LogP contribution < -0.4 is 5.32 Å². The Labute approximate surface area is 104 Å². The average molecular weight is 233 g/mol. The molecule has 1 aliphatic rings. The Bertz CT molecular complexity index is 331. The molecule has 0 bridgehead atoms. The van der Waals surface area contributed by atoms with Crippen LogP contribution in [0.25, 0.3) is 0 Å². The van der Waals surface area contributed by atoms with Gasteiger partial charge in [0.15, 0.2) is 0 Å². The molecule has 0 saturated carbocycles. The Kier molecular flexibility index (Phi) is 4.13. The maximum atomic E-state index is 4.16. The third-order valence-electron chi connectivity index (χ3n) is 3.50. The lowest BCUT2D eigenvalue weighted by Crippen LogP contribution is -2.52. The average Bonchev–Trinajstić information content (AvgIpc) is 2.30. The second kappa shape index (κ2) is 5.61. The van der Waals surface area contributed by atoms with Gasteiger partial charge in [0.25, 0.3) is 0 Å². The molecular weight excluding hydrogens is 210 g/mol. The van der Waals surface area contributed by atoms with E-state index in [0.29, 0.717) is 0 Å². The van der Waals surface area contributed by atoms with Crippen molar-refractivity contribution in [3.63, 3.8) is 0 Å². The molecule has 0 amide bonds. The summed E-state index contributed by atoms with van der Waals surface area (Å²) >= 11 is 0. The minimum Gasteiger partial charge on any atom is -0.310 e. The molecule has 1 aromatic rings. The molecule has 1 aromatic heterocycles. The van der Waals surface area contributed by atoms with Gasteiger partial charge in [0, 0.05) is 31.0 Å². The van der Waals surface area contributed by atoms with E-state index in [-0.39, 0.29) is 5.54 Å². The Hall–Kier alpha value is -0.930. The first-order valence-electron chi connectivity index (χ1n) is 6.50. The molecule has 1 N–H and O–H groups in total. The van der Waals surface area contributed by atoms with Crippen molar-refractivity contribution in [2.24, 2.45) is 0 Å². The molecular formula is C14H23N3. The van der Waals surface area contributed by atoms with Crippen LogP contribution in [0.3, 0.4) is 0 Å². The monoisotopic (exact) mass is 233 g/mol. The number of likely N-dealkylation sites (N-methyl/N-ethyl adjacent to an activating group) is 1. The molecule has 1 fully saturated rings. The van der Waals surface area contributed by atoms with Crippen LogP contribution in [0.2, 0.25) is 0 Å². The normalized spacial score (nSPS) is 25.1. The van der Waals surface area contributed by atoms with Gasteiger partial charge in [-0.25, -0.2) is 0 Å². The predicted octanol–water partition coefficient (Wildman–Crippen LogP) is 2.05. The number of nitrogens with one attached hydrogen (secondary N) is 1. The second-order valence-corrected chi connectivity index (χ2v) is 5.48. The molecule has 2 heterocycles. The Morgan fingerprint density at radius 1 is 1.47 bits per heavy atom. The first-order chi connectivity index (χ1) is 8.18. The third kappa shape index (κ3) is 3.79. The Morgan fingerprint density at radius 3 is 3.00 bits per heavy atom. The number of piperidine rings is 1. The Morgan fingerprint density at radius 2 is 2.35 bits per heavy atom. The fraction of sp³-hybridized carbons (Fsp3) is 0.643. The number of aromatic nitrogens is 1. The van der Waals surface area contributed by atoms with Crippen molar-refractivity contribution in [3.8, 4) is 0 Å². The van der Waals surface area contributed by atoms with Gasteiger partial charge in [-0.05, 0) is 45.0 Å². The SMILES string of the molecule is CN(Cc1cccnc1)CC1(C)CCCCN1. The van der Waals surface area contributed by atoms with Crippen LogP contribution in [0.5, 0.6) is 0 Å². The number of pyridine rings is 1. The van der Waals surface area contributed by atoms with Crippen molar-refractivity contribution in [1.29, 1.82) is 0 Å². The van der Waals surface area contributed by atoms with Crippen LogP contribution in [0.15, 0.2) is 24.5 Å². The van der Waals surface area contributed by atoms with Gasteiger partial charge in [0.2, 0.25) is 0 Å². The topological polar surface area (TPSA) is 28.2 Å². The van der Waals surface area contributed by atoms with Crippen molar-refractivity contribution in [1.82, 2.24) is 15.2 Å². The smallest absolute Gasteiger partial charge is 0.0312 e. The van der Waals surface area contributed by atoms with Crippen molar-refractivity contribution in [2.45, 2.75) is 38.3 Å². The van der Waals surface area contributed by atoms with E-state index in [9.17, 15) is 0 Å². The lowest BCUT2D eigenvalue weighted by molar-refractivity contribution is 0.182. The summed E-state index contributed by atoms with van der Waals surface area (Å²) in [6.07, 6.45) is 7.73. The number of hydrogen-bond acceptors (Lipinski definition) is 3. The maximum Gasteiger partial charge on any atom is 0.0312 e. The van der Waals surface area contributed by atoms with E-state index in [1.54, 1.807) is 0 Å². The molecule has 2 rings (SSSR count). The number of rotatable bonds is 4. The van der Waals surface area contributed by atoms with Crippen molar-refractivity contribution < 1.29 is 0 Å². The largest absolute Gasteiger partial charge is 0.310 e.